The van der Waals surface area contributed by atoms with Gasteiger partial charge in [0.2, 0.25) is 0 Å². The molecule has 0 fully saturated rings. The van der Waals surface area contributed by atoms with E-state index >= 15 is 0 Å². The van der Waals surface area contributed by atoms with Crippen LogP contribution in [-0.4, -0.2) is 21.3 Å². The number of carbonyl (C=O) groups excluding carboxylic acids is 2. The number of carbonyl (C=O) groups is 2. The van der Waals surface area contributed by atoms with Crippen LogP contribution >= 0.6 is 0 Å². The van der Waals surface area contributed by atoms with Gasteiger partial charge in [0, 0.05) is 11.8 Å². The van der Waals surface area contributed by atoms with Crippen LogP contribution in [-0.2, 0) is 22.6 Å². The maximum atomic E-state index is 13.6. The summed E-state index contributed by atoms with van der Waals surface area (Å²) in [5, 5.41) is 5.86. The molecule has 1 aliphatic rings. The van der Waals surface area contributed by atoms with E-state index in [2.05, 4.69) is 12.1 Å². The summed E-state index contributed by atoms with van der Waals surface area (Å²) in [6.45, 7) is 2.40. The number of aromatic nitrogens is 2. The molecule has 4 heteroatoms. The molecule has 0 saturated carbocycles. The Bertz CT molecular complexity index is 1320. The predicted octanol–water partition coefficient (Wildman–Crippen LogP) is 5.13. The number of benzene rings is 3. The molecule has 0 N–H and O–H groups in total. The van der Waals surface area contributed by atoms with Crippen molar-refractivity contribution < 1.29 is 9.59 Å². The smallest absolute Gasteiger partial charge is 0.169 e. The van der Waals surface area contributed by atoms with E-state index < -0.39 is 11.3 Å². The van der Waals surface area contributed by atoms with Gasteiger partial charge in [-0.1, -0.05) is 84.9 Å². The number of Topliss-reactive ketones (excluding diaryl/α,β-unsaturated/α-hetero) is 1. The SMILES string of the molecule is CC1(Cc2nn(Cc3ccccc3)c3ccccc23)C(=O)C=CC(c2ccccc2)C1=O. The van der Waals surface area contributed by atoms with Crippen LogP contribution < -0.4 is 0 Å². The van der Waals surface area contributed by atoms with Gasteiger partial charge in [0.1, 0.15) is 0 Å². The number of hydrogen-bond donors (Lipinski definition) is 0. The molecule has 2 unspecified atom stereocenters. The van der Waals surface area contributed by atoms with Gasteiger partial charge in [-0.3, -0.25) is 14.3 Å². The lowest BCUT2D eigenvalue weighted by Gasteiger charge is -2.31. The summed E-state index contributed by atoms with van der Waals surface area (Å²) in [5.74, 6) is -0.647. The van der Waals surface area contributed by atoms with E-state index in [1.165, 1.54) is 0 Å². The van der Waals surface area contributed by atoms with Crippen molar-refractivity contribution in [1.82, 2.24) is 9.78 Å². The first-order valence-corrected chi connectivity index (χ1v) is 10.9. The normalized spacial score (nSPS) is 20.7. The second-order valence-electron chi connectivity index (χ2n) is 8.59. The number of para-hydroxylation sites is 1. The molecule has 1 heterocycles. The molecule has 0 radical (unpaired) electrons. The molecule has 3 aromatic carbocycles. The summed E-state index contributed by atoms with van der Waals surface area (Å²) in [5.41, 5.74) is 2.69. The highest BCUT2D eigenvalue weighted by Gasteiger charge is 2.46. The first kappa shape index (κ1) is 20.1. The molecule has 1 aromatic heterocycles. The highest BCUT2D eigenvalue weighted by molar-refractivity contribution is 6.16. The molecule has 0 amide bonds. The van der Waals surface area contributed by atoms with Crippen LogP contribution in [0.4, 0.5) is 0 Å². The van der Waals surface area contributed by atoms with Crippen molar-refractivity contribution in [3.05, 3.63) is 114 Å². The van der Waals surface area contributed by atoms with Gasteiger partial charge in [-0.2, -0.15) is 5.10 Å². The molecule has 5 rings (SSSR count). The minimum atomic E-state index is -1.15. The molecule has 0 bridgehead atoms. The third kappa shape index (κ3) is 3.48. The van der Waals surface area contributed by atoms with Crippen molar-refractivity contribution in [2.24, 2.45) is 5.41 Å². The zero-order chi connectivity index (χ0) is 22.1. The maximum absolute atomic E-state index is 13.6. The second kappa shape index (κ2) is 8.04. The average Bonchev–Trinajstić information content (AvgIpc) is 3.16. The van der Waals surface area contributed by atoms with Crippen molar-refractivity contribution >= 4 is 22.5 Å². The molecule has 0 spiro atoms. The molecule has 4 aromatic rings. The Kier molecular flexibility index (Phi) is 5.06. The van der Waals surface area contributed by atoms with Gasteiger partial charge < -0.3 is 0 Å². The van der Waals surface area contributed by atoms with Gasteiger partial charge in [0.15, 0.2) is 11.6 Å². The summed E-state index contributed by atoms with van der Waals surface area (Å²) in [7, 11) is 0. The summed E-state index contributed by atoms with van der Waals surface area (Å²) in [6, 6.07) is 27.8. The largest absolute Gasteiger partial charge is 0.298 e. The van der Waals surface area contributed by atoms with Gasteiger partial charge in [0.25, 0.3) is 0 Å². The number of ketones is 2. The van der Waals surface area contributed by atoms with E-state index in [-0.39, 0.29) is 18.0 Å². The molecule has 2 atom stereocenters. The molecule has 0 saturated heterocycles. The maximum Gasteiger partial charge on any atom is 0.169 e. The average molecular weight is 421 g/mol. The fraction of sp³-hybridized carbons (Fsp3) is 0.179. The second-order valence-corrected chi connectivity index (χ2v) is 8.59. The quantitative estimate of drug-likeness (QED) is 0.421. The topological polar surface area (TPSA) is 52.0 Å². The fourth-order valence-corrected chi connectivity index (χ4v) is 4.56. The van der Waals surface area contributed by atoms with Crippen LogP contribution in [0.15, 0.2) is 97.1 Å². The number of allylic oxidation sites excluding steroid dienone is 2. The fourth-order valence-electron chi connectivity index (χ4n) is 4.56. The van der Waals surface area contributed by atoms with Gasteiger partial charge in [0.05, 0.1) is 29.1 Å². The Morgan fingerprint density at radius 3 is 2.28 bits per heavy atom. The summed E-state index contributed by atoms with van der Waals surface area (Å²) in [6.07, 6.45) is 3.58. The van der Waals surface area contributed by atoms with Crippen LogP contribution in [0.3, 0.4) is 0 Å². The zero-order valence-electron chi connectivity index (χ0n) is 17.9. The molecule has 0 aliphatic heterocycles. The Morgan fingerprint density at radius 2 is 1.53 bits per heavy atom. The van der Waals surface area contributed by atoms with Crippen LogP contribution in [0.2, 0.25) is 0 Å². The molecular formula is C28H24N2O2. The first-order chi connectivity index (χ1) is 15.6. The van der Waals surface area contributed by atoms with Crippen LogP contribution in [0.5, 0.6) is 0 Å². The van der Waals surface area contributed by atoms with E-state index in [1.807, 2.05) is 77.5 Å². The lowest BCUT2D eigenvalue weighted by molar-refractivity contribution is -0.138. The Hall–Kier alpha value is -3.79. The number of fused-ring (bicyclic) bond motifs is 1. The van der Waals surface area contributed by atoms with Gasteiger partial charge in [-0.05, 0) is 30.2 Å². The standard InChI is InChI=1S/C28H24N2O2/c1-28(26(31)17-16-22(27(28)32)21-12-6-3-7-13-21)18-24-23-14-8-9-15-25(23)30(29-24)19-20-10-4-2-5-11-20/h2-17,22H,18-19H2,1H3. The van der Waals surface area contributed by atoms with Crippen LogP contribution in [0.25, 0.3) is 10.9 Å². The van der Waals surface area contributed by atoms with Crippen molar-refractivity contribution in [3.8, 4) is 0 Å². The summed E-state index contributed by atoms with van der Waals surface area (Å²) in [4.78, 5) is 26.6. The van der Waals surface area contributed by atoms with E-state index in [4.69, 9.17) is 5.10 Å². The van der Waals surface area contributed by atoms with Gasteiger partial charge in [-0.15, -0.1) is 0 Å². The number of rotatable bonds is 5. The molecular weight excluding hydrogens is 396 g/mol. The van der Waals surface area contributed by atoms with Gasteiger partial charge in [-0.25, -0.2) is 0 Å². The van der Waals surface area contributed by atoms with Crippen molar-refractivity contribution in [2.45, 2.75) is 25.8 Å². The van der Waals surface area contributed by atoms with Crippen LogP contribution in [0, 0.1) is 5.41 Å². The Morgan fingerprint density at radius 1 is 0.875 bits per heavy atom. The van der Waals surface area contributed by atoms with Crippen molar-refractivity contribution in [3.63, 3.8) is 0 Å². The Balaban J connectivity index is 1.53. The van der Waals surface area contributed by atoms with E-state index in [0.717, 1.165) is 27.7 Å². The highest BCUT2D eigenvalue weighted by atomic mass is 16.2. The van der Waals surface area contributed by atoms with Gasteiger partial charge >= 0.3 is 0 Å². The first-order valence-electron chi connectivity index (χ1n) is 10.9. The van der Waals surface area contributed by atoms with Crippen molar-refractivity contribution in [2.75, 3.05) is 0 Å². The van der Waals surface area contributed by atoms with Crippen molar-refractivity contribution in [1.29, 1.82) is 0 Å². The summed E-state index contributed by atoms with van der Waals surface area (Å²) < 4.78 is 1.96. The van der Waals surface area contributed by atoms with Crippen LogP contribution in [0.1, 0.15) is 29.7 Å². The monoisotopic (exact) mass is 420 g/mol. The zero-order valence-corrected chi connectivity index (χ0v) is 17.9. The molecule has 158 valence electrons. The third-order valence-electron chi connectivity index (χ3n) is 6.40. The number of hydrogen-bond acceptors (Lipinski definition) is 3. The third-order valence-corrected chi connectivity index (χ3v) is 6.40. The molecule has 4 nitrogen and oxygen atoms in total. The highest BCUT2D eigenvalue weighted by Crippen LogP contribution is 2.38. The number of nitrogens with zero attached hydrogens (tertiary/aromatic N) is 2. The predicted molar refractivity (Wildman–Crippen MR) is 125 cm³/mol. The van der Waals surface area contributed by atoms with E-state index in [9.17, 15) is 9.59 Å². The summed E-state index contributed by atoms with van der Waals surface area (Å²) >= 11 is 0. The lowest BCUT2D eigenvalue weighted by Crippen LogP contribution is -2.43. The lowest BCUT2D eigenvalue weighted by atomic mass is 9.68. The van der Waals surface area contributed by atoms with E-state index in [0.29, 0.717) is 6.54 Å². The molecule has 32 heavy (non-hydrogen) atoms. The minimum absolute atomic E-state index is 0.0714. The minimum Gasteiger partial charge on any atom is -0.298 e. The Labute approximate surface area is 187 Å². The molecule has 1 aliphatic carbocycles. The van der Waals surface area contributed by atoms with E-state index in [1.54, 1.807) is 19.1 Å².